The summed E-state index contributed by atoms with van der Waals surface area (Å²) in [5.74, 6) is 0.135. The van der Waals surface area contributed by atoms with Crippen molar-refractivity contribution in [3.63, 3.8) is 0 Å². The topological polar surface area (TPSA) is 46.3 Å². The Morgan fingerprint density at radius 1 is 1.55 bits per heavy atom. The number of thioether (sulfide) groups is 1. The third kappa shape index (κ3) is 3.90. The zero-order valence-electron chi connectivity index (χ0n) is 11.3. The number of hydrogen-bond donors (Lipinski definition) is 2. The quantitative estimate of drug-likeness (QED) is 0.441. The van der Waals surface area contributed by atoms with Gasteiger partial charge in [-0.1, -0.05) is 17.7 Å². The fourth-order valence-corrected chi connectivity index (χ4v) is 3.20. The SMILES string of the molecule is CNC(=[NH+]C)S[C@H]1CCN(c2cccc(Cl)c2)C1=O.[Br-]. The predicted molar refractivity (Wildman–Crippen MR) is 80.8 cm³/mol. The van der Waals surface area contributed by atoms with Crippen molar-refractivity contribution >= 4 is 40.1 Å². The van der Waals surface area contributed by atoms with Gasteiger partial charge >= 0.3 is 5.17 Å². The van der Waals surface area contributed by atoms with Crippen LogP contribution in [0.15, 0.2) is 24.3 Å². The van der Waals surface area contributed by atoms with Gasteiger partial charge in [-0.3, -0.25) is 15.1 Å². The lowest BCUT2D eigenvalue weighted by Gasteiger charge is -2.16. The molecule has 1 saturated heterocycles. The van der Waals surface area contributed by atoms with E-state index in [2.05, 4.69) is 10.3 Å². The van der Waals surface area contributed by atoms with Crippen molar-refractivity contribution in [1.29, 1.82) is 0 Å². The first-order valence-corrected chi connectivity index (χ1v) is 7.37. The lowest BCUT2D eigenvalue weighted by atomic mass is 10.3. The number of benzene rings is 1. The maximum absolute atomic E-state index is 12.4. The van der Waals surface area contributed by atoms with E-state index >= 15 is 0 Å². The van der Waals surface area contributed by atoms with Crippen molar-refractivity contribution in [3.8, 4) is 0 Å². The van der Waals surface area contributed by atoms with Crippen LogP contribution in [0, 0.1) is 0 Å². The van der Waals surface area contributed by atoms with E-state index < -0.39 is 0 Å². The molecule has 0 unspecified atom stereocenters. The minimum absolute atomic E-state index is 0. The maximum atomic E-state index is 12.4. The van der Waals surface area contributed by atoms with Crippen LogP contribution in [0.2, 0.25) is 5.02 Å². The maximum Gasteiger partial charge on any atom is 0.304 e. The molecule has 0 aromatic heterocycles. The van der Waals surface area contributed by atoms with Gasteiger partial charge in [-0.15, -0.1) is 0 Å². The molecular weight excluding hydrogens is 362 g/mol. The normalized spacial score (nSPS) is 18.9. The van der Waals surface area contributed by atoms with E-state index in [1.165, 1.54) is 11.8 Å². The Hall–Kier alpha value is -0.720. The molecule has 0 aliphatic carbocycles. The van der Waals surface area contributed by atoms with Crippen LogP contribution in [0.5, 0.6) is 0 Å². The highest BCUT2D eigenvalue weighted by Gasteiger charge is 2.35. The summed E-state index contributed by atoms with van der Waals surface area (Å²) in [6.07, 6.45) is 0.836. The molecule has 1 aromatic carbocycles. The van der Waals surface area contributed by atoms with E-state index in [1.807, 2.05) is 38.4 Å². The number of anilines is 1. The summed E-state index contributed by atoms with van der Waals surface area (Å²) >= 11 is 7.50. The number of amidine groups is 1. The molecule has 0 saturated carbocycles. The van der Waals surface area contributed by atoms with E-state index in [1.54, 1.807) is 4.90 Å². The van der Waals surface area contributed by atoms with Gasteiger partial charge in [0.05, 0.1) is 19.3 Å². The first-order chi connectivity index (χ1) is 9.15. The van der Waals surface area contributed by atoms with Crippen molar-refractivity contribution in [3.05, 3.63) is 29.3 Å². The summed E-state index contributed by atoms with van der Waals surface area (Å²) in [5, 5.41) is 4.55. The molecule has 1 amide bonds. The zero-order valence-corrected chi connectivity index (χ0v) is 14.5. The third-order valence-corrected chi connectivity index (χ3v) is 4.59. The molecule has 0 bridgehead atoms. The average molecular weight is 379 g/mol. The lowest BCUT2D eigenvalue weighted by Crippen LogP contribution is -3.00. The van der Waals surface area contributed by atoms with Gasteiger partial charge in [0.1, 0.15) is 0 Å². The van der Waals surface area contributed by atoms with Gasteiger partial charge in [0, 0.05) is 17.3 Å². The van der Waals surface area contributed by atoms with Gasteiger partial charge < -0.3 is 21.9 Å². The van der Waals surface area contributed by atoms with Crippen LogP contribution in [-0.4, -0.2) is 37.0 Å². The number of halogens is 2. The summed E-state index contributed by atoms with van der Waals surface area (Å²) in [6.45, 7) is 0.734. The Labute approximate surface area is 138 Å². The first kappa shape index (κ1) is 17.3. The molecule has 20 heavy (non-hydrogen) atoms. The van der Waals surface area contributed by atoms with Gasteiger partial charge in [0.15, 0.2) is 0 Å². The number of hydrogen-bond acceptors (Lipinski definition) is 2. The van der Waals surface area contributed by atoms with Crippen LogP contribution in [0.25, 0.3) is 0 Å². The van der Waals surface area contributed by atoms with Crippen LogP contribution in [0.1, 0.15) is 6.42 Å². The molecule has 2 rings (SSSR count). The summed E-state index contributed by atoms with van der Waals surface area (Å²) in [6, 6.07) is 7.42. The standard InChI is InChI=1S/C13H16ClN3OS.BrH/c1-15-13(16-2)19-11-6-7-17(12(11)18)10-5-3-4-9(14)8-10;/h3-5,8,11H,6-7H2,1-2H3,(H,15,16);1H/t11-;/m0./s1. The highest BCUT2D eigenvalue weighted by molar-refractivity contribution is 8.14. The summed E-state index contributed by atoms with van der Waals surface area (Å²) in [4.78, 5) is 17.2. The van der Waals surface area contributed by atoms with Gasteiger partial charge in [-0.05, 0) is 36.4 Å². The van der Waals surface area contributed by atoms with Crippen molar-refractivity contribution < 1.29 is 26.8 Å². The summed E-state index contributed by atoms with van der Waals surface area (Å²) in [7, 11) is 3.68. The number of carbonyl (C=O) groups excluding carboxylic acids is 1. The molecule has 4 nitrogen and oxygen atoms in total. The summed E-state index contributed by atoms with van der Waals surface area (Å²) < 4.78 is 0. The fourth-order valence-electron chi connectivity index (χ4n) is 2.05. The second-order valence-corrected chi connectivity index (χ2v) is 5.84. The number of amides is 1. The van der Waals surface area contributed by atoms with E-state index in [9.17, 15) is 4.79 Å². The number of carbonyl (C=O) groups is 1. The van der Waals surface area contributed by atoms with E-state index in [0.29, 0.717) is 5.02 Å². The Kier molecular flexibility index (Phi) is 6.85. The van der Waals surface area contributed by atoms with E-state index in [4.69, 9.17) is 11.6 Å². The van der Waals surface area contributed by atoms with Crippen molar-refractivity contribution in [1.82, 2.24) is 5.32 Å². The van der Waals surface area contributed by atoms with Crippen LogP contribution in [0.3, 0.4) is 0 Å². The minimum atomic E-state index is -0.0473. The van der Waals surface area contributed by atoms with E-state index in [-0.39, 0.29) is 28.1 Å². The molecule has 1 atom stereocenters. The number of nitrogens with zero attached hydrogens (tertiary/aromatic N) is 1. The van der Waals surface area contributed by atoms with Gasteiger partial charge in [-0.2, -0.15) is 0 Å². The molecule has 0 radical (unpaired) electrons. The third-order valence-electron chi connectivity index (χ3n) is 2.99. The monoisotopic (exact) mass is 377 g/mol. The number of rotatable bonds is 2. The van der Waals surface area contributed by atoms with Crippen LogP contribution >= 0.6 is 23.4 Å². The van der Waals surface area contributed by atoms with Crippen molar-refractivity contribution in [2.45, 2.75) is 11.7 Å². The summed E-state index contributed by atoms with van der Waals surface area (Å²) in [5.41, 5.74) is 0.871. The second-order valence-electron chi connectivity index (χ2n) is 4.19. The second kappa shape index (κ2) is 7.90. The molecule has 1 aliphatic heterocycles. The first-order valence-electron chi connectivity index (χ1n) is 6.11. The molecule has 7 heteroatoms. The molecule has 1 aliphatic rings. The van der Waals surface area contributed by atoms with Gasteiger partial charge in [0.2, 0.25) is 5.91 Å². The smallest absolute Gasteiger partial charge is 0.304 e. The Morgan fingerprint density at radius 2 is 2.30 bits per heavy atom. The van der Waals surface area contributed by atoms with Gasteiger partial charge in [-0.25, -0.2) is 0 Å². The highest BCUT2D eigenvalue weighted by Crippen LogP contribution is 2.29. The molecule has 1 heterocycles. The van der Waals surface area contributed by atoms with Gasteiger partial charge in [0.25, 0.3) is 0 Å². The predicted octanol–water partition coefficient (Wildman–Crippen LogP) is -2.53. The molecule has 2 N–H and O–H groups in total. The molecule has 1 aromatic rings. The molecule has 0 spiro atoms. The lowest BCUT2D eigenvalue weighted by molar-refractivity contribution is -0.418. The minimum Gasteiger partial charge on any atom is -1.00 e. The number of nitrogens with one attached hydrogen (secondary N) is 2. The average Bonchev–Trinajstić information content (AvgIpc) is 2.77. The van der Waals surface area contributed by atoms with Crippen LogP contribution in [0.4, 0.5) is 5.69 Å². The van der Waals surface area contributed by atoms with Crippen molar-refractivity contribution in [2.75, 3.05) is 25.5 Å². The van der Waals surface area contributed by atoms with Crippen molar-refractivity contribution in [2.24, 2.45) is 0 Å². The highest BCUT2D eigenvalue weighted by atomic mass is 79.9. The Morgan fingerprint density at radius 3 is 2.90 bits per heavy atom. The zero-order chi connectivity index (χ0) is 13.8. The fraction of sp³-hybridized carbons (Fsp3) is 0.385. The van der Waals surface area contributed by atoms with Crippen LogP contribution < -0.4 is 32.2 Å². The largest absolute Gasteiger partial charge is 1.00 e. The Bertz CT molecular complexity index is 512. The Balaban J connectivity index is 0.00000200. The van der Waals surface area contributed by atoms with Crippen LogP contribution in [-0.2, 0) is 4.79 Å². The molecule has 110 valence electrons. The van der Waals surface area contributed by atoms with E-state index in [0.717, 1.165) is 23.8 Å². The molecular formula is C13H17BrClN3OS. The molecule has 1 fully saturated rings.